The van der Waals surface area contributed by atoms with Crippen molar-refractivity contribution in [1.29, 1.82) is 0 Å². The summed E-state index contributed by atoms with van der Waals surface area (Å²) in [7, 11) is 1.37. The van der Waals surface area contributed by atoms with E-state index in [1.54, 1.807) is 0 Å². The van der Waals surface area contributed by atoms with Gasteiger partial charge in [-0.25, -0.2) is 0 Å². The van der Waals surface area contributed by atoms with Gasteiger partial charge in [-0.1, -0.05) is 12.1 Å². The average molecular weight is 237 g/mol. The highest BCUT2D eigenvalue weighted by atomic mass is 16.5. The van der Waals surface area contributed by atoms with Gasteiger partial charge >= 0.3 is 5.97 Å². The predicted molar refractivity (Wildman–Crippen MR) is 65.9 cm³/mol. The molecule has 0 heterocycles. The first kappa shape index (κ1) is 13.5. The summed E-state index contributed by atoms with van der Waals surface area (Å²) in [5.74, 6) is 0.490. The van der Waals surface area contributed by atoms with Crippen molar-refractivity contribution in [1.82, 2.24) is 0 Å². The Labute approximate surface area is 102 Å². The molecule has 1 atom stereocenters. The van der Waals surface area contributed by atoms with Crippen LogP contribution in [-0.4, -0.2) is 25.7 Å². The van der Waals surface area contributed by atoms with E-state index in [-0.39, 0.29) is 18.4 Å². The van der Waals surface area contributed by atoms with Crippen LogP contribution in [0, 0.1) is 0 Å². The molecule has 0 saturated heterocycles. The summed E-state index contributed by atoms with van der Waals surface area (Å²) in [6, 6.07) is 7.87. The van der Waals surface area contributed by atoms with Crippen molar-refractivity contribution < 1.29 is 14.3 Å². The lowest BCUT2D eigenvalue weighted by molar-refractivity contribution is -0.141. The van der Waals surface area contributed by atoms with Gasteiger partial charge in [0.05, 0.1) is 20.1 Å². The molecule has 0 fully saturated rings. The molecule has 1 aromatic rings. The molecule has 0 bridgehead atoms. The number of carbonyl (C=O) groups excluding carboxylic acids is 1. The lowest BCUT2D eigenvalue weighted by Gasteiger charge is -2.09. The fourth-order valence-corrected chi connectivity index (χ4v) is 1.49. The minimum absolute atomic E-state index is 0.125. The highest BCUT2D eigenvalue weighted by Gasteiger charge is 2.02. The van der Waals surface area contributed by atoms with E-state index < -0.39 is 0 Å². The second kappa shape index (κ2) is 6.91. The summed E-state index contributed by atoms with van der Waals surface area (Å²) in [5.41, 5.74) is 6.87. The molecule has 0 aliphatic carbocycles. The molecule has 17 heavy (non-hydrogen) atoms. The summed E-state index contributed by atoms with van der Waals surface area (Å²) >= 11 is 0. The van der Waals surface area contributed by atoms with E-state index in [1.165, 1.54) is 7.11 Å². The molecule has 2 N–H and O–H groups in total. The number of nitrogens with two attached hydrogens (primary N) is 1. The molecule has 0 amide bonds. The van der Waals surface area contributed by atoms with E-state index in [1.807, 2.05) is 31.2 Å². The fourth-order valence-electron chi connectivity index (χ4n) is 1.49. The Bertz CT molecular complexity index is 363. The minimum atomic E-state index is -0.267. The van der Waals surface area contributed by atoms with Crippen LogP contribution < -0.4 is 10.5 Å². The number of methoxy groups -OCH3 is 1. The highest BCUT2D eigenvalue weighted by molar-refractivity contribution is 5.69. The maximum absolute atomic E-state index is 10.9. The Kier molecular flexibility index (Phi) is 5.49. The first-order chi connectivity index (χ1) is 8.11. The van der Waals surface area contributed by atoms with E-state index >= 15 is 0 Å². The lowest BCUT2D eigenvalue weighted by atomic mass is 10.1. The van der Waals surface area contributed by atoms with Crippen molar-refractivity contribution in [2.24, 2.45) is 5.73 Å². The predicted octanol–water partition coefficient (Wildman–Crippen LogP) is 1.52. The molecule has 4 heteroatoms. The SMILES string of the molecule is COC(=O)CCOc1cccc(CC(C)N)c1. The molecular weight excluding hydrogens is 218 g/mol. The molecule has 1 unspecified atom stereocenters. The number of hydrogen-bond acceptors (Lipinski definition) is 4. The Hall–Kier alpha value is -1.55. The van der Waals surface area contributed by atoms with Crippen LogP contribution in [0.2, 0.25) is 0 Å². The molecule has 1 rings (SSSR count). The maximum Gasteiger partial charge on any atom is 0.308 e. The zero-order valence-electron chi connectivity index (χ0n) is 10.3. The molecule has 0 aromatic heterocycles. The Balaban J connectivity index is 2.45. The third-order valence-electron chi connectivity index (χ3n) is 2.26. The Morgan fingerprint density at radius 2 is 2.24 bits per heavy atom. The average Bonchev–Trinajstić information content (AvgIpc) is 2.28. The second-order valence-electron chi connectivity index (χ2n) is 4.00. The minimum Gasteiger partial charge on any atom is -0.493 e. The van der Waals surface area contributed by atoms with Gasteiger partial charge in [0.1, 0.15) is 5.75 Å². The van der Waals surface area contributed by atoms with Crippen molar-refractivity contribution >= 4 is 5.97 Å². The number of ether oxygens (including phenoxy) is 2. The van der Waals surface area contributed by atoms with Crippen LogP contribution >= 0.6 is 0 Å². The molecule has 0 saturated carbocycles. The van der Waals surface area contributed by atoms with E-state index in [0.29, 0.717) is 6.61 Å². The van der Waals surface area contributed by atoms with Crippen LogP contribution in [0.5, 0.6) is 5.75 Å². The lowest BCUT2D eigenvalue weighted by Crippen LogP contribution is -2.17. The largest absolute Gasteiger partial charge is 0.493 e. The van der Waals surface area contributed by atoms with Crippen LogP contribution in [0.15, 0.2) is 24.3 Å². The van der Waals surface area contributed by atoms with Crippen LogP contribution in [0.4, 0.5) is 0 Å². The molecule has 1 aromatic carbocycles. The van der Waals surface area contributed by atoms with Gasteiger partial charge in [-0.2, -0.15) is 0 Å². The van der Waals surface area contributed by atoms with Crippen molar-refractivity contribution in [2.45, 2.75) is 25.8 Å². The Morgan fingerprint density at radius 1 is 1.47 bits per heavy atom. The summed E-state index contributed by atoms with van der Waals surface area (Å²) in [6.07, 6.45) is 1.07. The first-order valence-electron chi connectivity index (χ1n) is 5.66. The first-order valence-corrected chi connectivity index (χ1v) is 5.66. The molecule has 94 valence electrons. The second-order valence-corrected chi connectivity index (χ2v) is 4.00. The number of esters is 1. The van der Waals surface area contributed by atoms with Crippen molar-refractivity contribution in [2.75, 3.05) is 13.7 Å². The van der Waals surface area contributed by atoms with Crippen LogP contribution in [0.1, 0.15) is 18.9 Å². The van der Waals surface area contributed by atoms with E-state index in [4.69, 9.17) is 10.5 Å². The van der Waals surface area contributed by atoms with Gasteiger partial charge in [-0.05, 0) is 31.0 Å². The van der Waals surface area contributed by atoms with Gasteiger partial charge in [0.2, 0.25) is 0 Å². The monoisotopic (exact) mass is 237 g/mol. The summed E-state index contributed by atoms with van der Waals surface area (Å²) in [5, 5.41) is 0. The molecule has 0 radical (unpaired) electrons. The molecule has 0 spiro atoms. The van der Waals surface area contributed by atoms with Crippen LogP contribution in [0.3, 0.4) is 0 Å². The van der Waals surface area contributed by atoms with E-state index in [2.05, 4.69) is 4.74 Å². The van der Waals surface area contributed by atoms with Crippen LogP contribution in [-0.2, 0) is 16.0 Å². The molecule has 4 nitrogen and oxygen atoms in total. The number of carbonyl (C=O) groups is 1. The number of benzene rings is 1. The zero-order chi connectivity index (χ0) is 12.7. The fraction of sp³-hybridized carbons (Fsp3) is 0.462. The smallest absolute Gasteiger partial charge is 0.308 e. The number of hydrogen-bond donors (Lipinski definition) is 1. The van der Waals surface area contributed by atoms with Gasteiger partial charge in [0, 0.05) is 6.04 Å². The third-order valence-corrected chi connectivity index (χ3v) is 2.26. The maximum atomic E-state index is 10.9. The third kappa shape index (κ3) is 5.36. The van der Waals surface area contributed by atoms with Gasteiger partial charge in [0.15, 0.2) is 0 Å². The van der Waals surface area contributed by atoms with Gasteiger partial charge < -0.3 is 15.2 Å². The van der Waals surface area contributed by atoms with Gasteiger partial charge in [0.25, 0.3) is 0 Å². The zero-order valence-corrected chi connectivity index (χ0v) is 10.3. The quantitative estimate of drug-likeness (QED) is 0.762. The molecular formula is C13H19NO3. The van der Waals surface area contributed by atoms with Gasteiger partial charge in [-0.15, -0.1) is 0 Å². The van der Waals surface area contributed by atoms with Crippen LogP contribution in [0.25, 0.3) is 0 Å². The van der Waals surface area contributed by atoms with E-state index in [9.17, 15) is 4.79 Å². The standard InChI is InChI=1S/C13H19NO3/c1-10(14)8-11-4-3-5-12(9-11)17-7-6-13(15)16-2/h3-5,9-10H,6-8,14H2,1-2H3. The summed E-state index contributed by atoms with van der Waals surface area (Å²) in [6.45, 7) is 2.29. The van der Waals surface area contributed by atoms with Gasteiger partial charge in [-0.3, -0.25) is 4.79 Å². The molecule has 0 aliphatic rings. The Morgan fingerprint density at radius 3 is 2.88 bits per heavy atom. The summed E-state index contributed by atoms with van der Waals surface area (Å²) < 4.78 is 9.99. The normalized spacial score (nSPS) is 11.9. The van der Waals surface area contributed by atoms with Crippen molar-refractivity contribution in [3.05, 3.63) is 29.8 Å². The van der Waals surface area contributed by atoms with Crippen molar-refractivity contribution in [3.63, 3.8) is 0 Å². The number of rotatable bonds is 6. The van der Waals surface area contributed by atoms with Crippen molar-refractivity contribution in [3.8, 4) is 5.75 Å². The molecule has 0 aliphatic heterocycles. The topological polar surface area (TPSA) is 61.5 Å². The highest BCUT2D eigenvalue weighted by Crippen LogP contribution is 2.14. The summed E-state index contributed by atoms with van der Waals surface area (Å²) in [4.78, 5) is 10.9. The van der Waals surface area contributed by atoms with E-state index in [0.717, 1.165) is 17.7 Å².